The SMILES string of the molecule is CC(Cn1cccn1)NC(C)c1cc2c(s1)CCCC2. The highest BCUT2D eigenvalue weighted by atomic mass is 32.1. The van der Waals surface area contributed by atoms with Gasteiger partial charge in [0.1, 0.15) is 0 Å². The van der Waals surface area contributed by atoms with Crippen molar-refractivity contribution in [3.63, 3.8) is 0 Å². The molecule has 0 fully saturated rings. The van der Waals surface area contributed by atoms with E-state index in [1.807, 2.05) is 34.5 Å². The van der Waals surface area contributed by atoms with E-state index in [9.17, 15) is 0 Å². The Morgan fingerprint density at radius 2 is 2.20 bits per heavy atom. The maximum Gasteiger partial charge on any atom is 0.0560 e. The van der Waals surface area contributed by atoms with Gasteiger partial charge in [0.2, 0.25) is 0 Å². The number of aryl methyl sites for hydroxylation is 2. The van der Waals surface area contributed by atoms with Gasteiger partial charge in [0.25, 0.3) is 0 Å². The lowest BCUT2D eigenvalue weighted by Crippen LogP contribution is -2.32. The molecule has 2 aromatic heterocycles. The first-order chi connectivity index (χ1) is 9.72. The van der Waals surface area contributed by atoms with E-state index < -0.39 is 0 Å². The van der Waals surface area contributed by atoms with Crippen LogP contribution in [-0.2, 0) is 19.4 Å². The summed E-state index contributed by atoms with van der Waals surface area (Å²) in [6.45, 7) is 5.42. The zero-order valence-electron chi connectivity index (χ0n) is 12.3. The zero-order chi connectivity index (χ0) is 13.9. The Balaban J connectivity index is 1.60. The highest BCUT2D eigenvalue weighted by molar-refractivity contribution is 7.12. The van der Waals surface area contributed by atoms with Crippen LogP contribution in [0.4, 0.5) is 0 Å². The molecule has 0 bridgehead atoms. The molecular weight excluding hydrogens is 266 g/mol. The number of fused-ring (bicyclic) bond motifs is 1. The van der Waals surface area contributed by atoms with Crippen LogP contribution in [0.2, 0.25) is 0 Å². The van der Waals surface area contributed by atoms with Crippen molar-refractivity contribution >= 4 is 11.3 Å². The maximum absolute atomic E-state index is 4.27. The number of nitrogens with one attached hydrogen (secondary N) is 1. The molecular formula is C16H23N3S. The second-order valence-corrected chi connectivity index (χ2v) is 6.99. The maximum atomic E-state index is 4.27. The van der Waals surface area contributed by atoms with E-state index in [1.54, 1.807) is 10.4 Å². The summed E-state index contributed by atoms with van der Waals surface area (Å²) < 4.78 is 1.99. The number of rotatable bonds is 5. The lowest BCUT2D eigenvalue weighted by atomic mass is 9.99. The average Bonchev–Trinajstić information content (AvgIpc) is 3.06. The van der Waals surface area contributed by atoms with Crippen LogP contribution in [0.25, 0.3) is 0 Å². The molecule has 0 amide bonds. The molecule has 3 rings (SSSR count). The summed E-state index contributed by atoms with van der Waals surface area (Å²) in [4.78, 5) is 3.11. The second-order valence-electron chi connectivity index (χ2n) is 5.82. The third-order valence-corrected chi connectivity index (χ3v) is 5.42. The normalized spacial score (nSPS) is 17.7. The van der Waals surface area contributed by atoms with Crippen molar-refractivity contribution in [1.29, 1.82) is 0 Å². The van der Waals surface area contributed by atoms with E-state index in [1.165, 1.54) is 30.6 Å². The first-order valence-corrected chi connectivity index (χ1v) is 8.39. The quantitative estimate of drug-likeness (QED) is 0.912. The summed E-state index contributed by atoms with van der Waals surface area (Å²) in [5.41, 5.74) is 1.60. The molecule has 0 spiro atoms. The molecule has 2 heterocycles. The predicted molar refractivity (Wildman–Crippen MR) is 84.2 cm³/mol. The minimum Gasteiger partial charge on any atom is -0.305 e. The molecule has 1 aliphatic rings. The molecule has 2 aromatic rings. The number of aromatic nitrogens is 2. The predicted octanol–water partition coefficient (Wildman–Crippen LogP) is 3.56. The minimum absolute atomic E-state index is 0.420. The molecule has 1 aliphatic carbocycles. The lowest BCUT2D eigenvalue weighted by molar-refractivity contribution is 0.415. The first-order valence-electron chi connectivity index (χ1n) is 7.57. The van der Waals surface area contributed by atoms with Gasteiger partial charge in [-0.3, -0.25) is 4.68 Å². The van der Waals surface area contributed by atoms with Gasteiger partial charge in [-0.2, -0.15) is 5.10 Å². The van der Waals surface area contributed by atoms with Gasteiger partial charge in [-0.1, -0.05) is 0 Å². The van der Waals surface area contributed by atoms with Gasteiger partial charge in [-0.05, 0) is 57.2 Å². The first kappa shape index (κ1) is 13.8. The molecule has 3 nitrogen and oxygen atoms in total. The van der Waals surface area contributed by atoms with Crippen LogP contribution in [0.5, 0.6) is 0 Å². The molecule has 4 heteroatoms. The molecule has 1 N–H and O–H groups in total. The minimum atomic E-state index is 0.420. The second kappa shape index (κ2) is 6.10. The van der Waals surface area contributed by atoms with Crippen molar-refractivity contribution in [2.75, 3.05) is 0 Å². The van der Waals surface area contributed by atoms with Crippen molar-refractivity contribution in [3.8, 4) is 0 Å². The Morgan fingerprint density at radius 1 is 1.35 bits per heavy atom. The molecule has 0 aromatic carbocycles. The molecule has 2 unspecified atom stereocenters. The van der Waals surface area contributed by atoms with Crippen molar-refractivity contribution in [2.45, 2.75) is 58.2 Å². The van der Waals surface area contributed by atoms with Crippen LogP contribution in [0, 0.1) is 0 Å². The summed E-state index contributed by atoms with van der Waals surface area (Å²) in [5, 5.41) is 7.96. The van der Waals surface area contributed by atoms with Crippen LogP contribution in [0.1, 0.15) is 48.0 Å². The number of nitrogens with zero attached hydrogens (tertiary/aromatic N) is 2. The fraction of sp³-hybridized carbons (Fsp3) is 0.562. The van der Waals surface area contributed by atoms with E-state index in [0.29, 0.717) is 12.1 Å². The Morgan fingerprint density at radius 3 is 2.95 bits per heavy atom. The molecule has 20 heavy (non-hydrogen) atoms. The smallest absolute Gasteiger partial charge is 0.0560 e. The largest absolute Gasteiger partial charge is 0.305 e. The van der Waals surface area contributed by atoms with E-state index in [0.717, 1.165) is 6.54 Å². The van der Waals surface area contributed by atoms with Gasteiger partial charge >= 0.3 is 0 Å². The molecule has 0 aliphatic heterocycles. The van der Waals surface area contributed by atoms with Crippen molar-refractivity contribution in [2.24, 2.45) is 0 Å². The molecule has 2 atom stereocenters. The van der Waals surface area contributed by atoms with Crippen molar-refractivity contribution in [3.05, 3.63) is 39.8 Å². The van der Waals surface area contributed by atoms with Gasteiger partial charge in [0, 0.05) is 34.2 Å². The summed E-state index contributed by atoms with van der Waals surface area (Å²) in [7, 11) is 0. The highest BCUT2D eigenvalue weighted by Gasteiger charge is 2.17. The summed E-state index contributed by atoms with van der Waals surface area (Å²) in [6.07, 6.45) is 9.15. The third-order valence-electron chi connectivity index (χ3n) is 4.00. The van der Waals surface area contributed by atoms with Crippen LogP contribution in [-0.4, -0.2) is 15.8 Å². The molecule has 108 valence electrons. The monoisotopic (exact) mass is 289 g/mol. The topological polar surface area (TPSA) is 29.9 Å². The fourth-order valence-corrected chi connectivity index (χ4v) is 4.25. The zero-order valence-corrected chi connectivity index (χ0v) is 13.1. The van der Waals surface area contributed by atoms with E-state index in [2.05, 4.69) is 30.3 Å². The van der Waals surface area contributed by atoms with Crippen molar-refractivity contribution in [1.82, 2.24) is 15.1 Å². The van der Waals surface area contributed by atoms with Gasteiger partial charge in [-0.15, -0.1) is 11.3 Å². The lowest BCUT2D eigenvalue weighted by Gasteiger charge is -2.19. The molecule has 0 radical (unpaired) electrons. The van der Waals surface area contributed by atoms with Crippen LogP contribution in [0.3, 0.4) is 0 Å². The van der Waals surface area contributed by atoms with Crippen LogP contribution < -0.4 is 5.32 Å². The Hall–Kier alpha value is -1.13. The van der Waals surface area contributed by atoms with Crippen LogP contribution >= 0.6 is 11.3 Å². The summed E-state index contributed by atoms with van der Waals surface area (Å²) in [5.74, 6) is 0. The number of thiophene rings is 1. The standard InChI is InChI=1S/C16H23N3S/c1-12(11-19-9-5-8-17-19)18-13(2)16-10-14-6-3-4-7-15(14)20-16/h5,8-10,12-13,18H,3-4,6-7,11H2,1-2H3. The summed E-state index contributed by atoms with van der Waals surface area (Å²) in [6, 6.07) is 5.25. The van der Waals surface area contributed by atoms with Gasteiger partial charge in [0.15, 0.2) is 0 Å². The number of hydrogen-bond donors (Lipinski definition) is 1. The number of hydrogen-bond acceptors (Lipinski definition) is 3. The third kappa shape index (κ3) is 3.13. The Kier molecular flexibility index (Phi) is 4.22. The summed E-state index contributed by atoms with van der Waals surface area (Å²) >= 11 is 2.01. The van der Waals surface area contributed by atoms with Crippen LogP contribution in [0.15, 0.2) is 24.5 Å². The highest BCUT2D eigenvalue weighted by Crippen LogP contribution is 2.32. The van der Waals surface area contributed by atoms with Crippen molar-refractivity contribution < 1.29 is 0 Å². The van der Waals surface area contributed by atoms with E-state index in [-0.39, 0.29) is 0 Å². The fourth-order valence-electron chi connectivity index (χ4n) is 2.98. The molecule has 0 saturated heterocycles. The van der Waals surface area contributed by atoms with Gasteiger partial charge in [0.05, 0.1) is 6.54 Å². The van der Waals surface area contributed by atoms with Gasteiger partial charge < -0.3 is 5.32 Å². The molecule has 0 saturated carbocycles. The van der Waals surface area contributed by atoms with E-state index in [4.69, 9.17) is 0 Å². The Bertz CT molecular complexity index is 521. The average molecular weight is 289 g/mol. The van der Waals surface area contributed by atoms with E-state index >= 15 is 0 Å². The van der Waals surface area contributed by atoms with Gasteiger partial charge in [-0.25, -0.2) is 0 Å². The Labute approximate surface area is 125 Å².